The van der Waals surface area contributed by atoms with Crippen LogP contribution < -0.4 is 5.73 Å². The molecule has 0 aliphatic heterocycles. The molecule has 0 aromatic carbocycles. The SMILES string of the molecule is CC(CN)C(O)/C1=C/CCCCCC1. The summed E-state index contributed by atoms with van der Waals surface area (Å²) in [5.74, 6) is 0.195. The lowest BCUT2D eigenvalue weighted by atomic mass is 9.90. The molecule has 14 heavy (non-hydrogen) atoms. The Labute approximate surface area is 87.2 Å². The van der Waals surface area contributed by atoms with Crippen LogP contribution in [0.1, 0.15) is 45.4 Å². The van der Waals surface area contributed by atoms with Gasteiger partial charge in [-0.3, -0.25) is 0 Å². The highest BCUT2D eigenvalue weighted by molar-refractivity contribution is 5.10. The summed E-state index contributed by atoms with van der Waals surface area (Å²) in [6.07, 6.45) is 9.25. The van der Waals surface area contributed by atoms with E-state index in [2.05, 4.69) is 6.08 Å². The van der Waals surface area contributed by atoms with E-state index in [1.807, 2.05) is 6.92 Å². The van der Waals surface area contributed by atoms with Gasteiger partial charge in [0.15, 0.2) is 0 Å². The Hall–Kier alpha value is -0.340. The van der Waals surface area contributed by atoms with Crippen molar-refractivity contribution in [3.05, 3.63) is 11.6 Å². The molecular formula is C12H23NO. The summed E-state index contributed by atoms with van der Waals surface area (Å²) in [5.41, 5.74) is 6.79. The van der Waals surface area contributed by atoms with Crippen LogP contribution in [0.3, 0.4) is 0 Å². The van der Waals surface area contributed by atoms with Crippen molar-refractivity contribution in [3.63, 3.8) is 0 Å². The van der Waals surface area contributed by atoms with Crippen LogP contribution in [0, 0.1) is 5.92 Å². The molecule has 2 atom stereocenters. The van der Waals surface area contributed by atoms with Crippen molar-refractivity contribution < 1.29 is 5.11 Å². The van der Waals surface area contributed by atoms with E-state index in [9.17, 15) is 5.11 Å². The molecule has 1 aliphatic rings. The van der Waals surface area contributed by atoms with Crippen molar-refractivity contribution in [2.45, 2.75) is 51.6 Å². The summed E-state index contributed by atoms with van der Waals surface area (Å²) < 4.78 is 0. The predicted octanol–water partition coefficient (Wildman–Crippen LogP) is 2.22. The van der Waals surface area contributed by atoms with E-state index in [0.29, 0.717) is 6.54 Å². The molecule has 0 radical (unpaired) electrons. The number of nitrogens with two attached hydrogens (primary N) is 1. The molecule has 2 nitrogen and oxygen atoms in total. The number of aliphatic hydroxyl groups is 1. The lowest BCUT2D eigenvalue weighted by molar-refractivity contribution is 0.149. The third-order valence-corrected chi connectivity index (χ3v) is 3.12. The molecule has 2 unspecified atom stereocenters. The Balaban J connectivity index is 2.53. The minimum atomic E-state index is -0.307. The van der Waals surface area contributed by atoms with E-state index >= 15 is 0 Å². The summed E-state index contributed by atoms with van der Waals surface area (Å²) in [5, 5.41) is 10.0. The molecule has 0 saturated carbocycles. The summed E-state index contributed by atoms with van der Waals surface area (Å²) in [6, 6.07) is 0. The molecule has 0 aromatic rings. The Morgan fingerprint density at radius 2 is 2.07 bits per heavy atom. The number of hydrogen-bond donors (Lipinski definition) is 2. The molecule has 3 N–H and O–H groups in total. The fourth-order valence-electron chi connectivity index (χ4n) is 1.98. The smallest absolute Gasteiger partial charge is 0.0787 e. The number of aliphatic hydroxyl groups excluding tert-OH is 1. The van der Waals surface area contributed by atoms with Crippen molar-refractivity contribution in [1.82, 2.24) is 0 Å². The van der Waals surface area contributed by atoms with Crippen molar-refractivity contribution in [2.24, 2.45) is 11.7 Å². The summed E-state index contributed by atoms with van der Waals surface area (Å²) in [7, 11) is 0. The van der Waals surface area contributed by atoms with Gasteiger partial charge in [-0.2, -0.15) is 0 Å². The zero-order valence-electron chi connectivity index (χ0n) is 9.21. The molecule has 0 saturated heterocycles. The molecule has 0 bridgehead atoms. The van der Waals surface area contributed by atoms with Crippen LogP contribution in [-0.2, 0) is 0 Å². The van der Waals surface area contributed by atoms with Gasteiger partial charge in [-0.1, -0.05) is 25.8 Å². The van der Waals surface area contributed by atoms with E-state index in [-0.39, 0.29) is 12.0 Å². The van der Waals surface area contributed by atoms with Gasteiger partial charge in [-0.05, 0) is 43.7 Å². The van der Waals surface area contributed by atoms with E-state index in [4.69, 9.17) is 5.73 Å². The maximum atomic E-state index is 10.0. The third kappa shape index (κ3) is 3.43. The lowest BCUT2D eigenvalue weighted by Gasteiger charge is -2.22. The molecule has 0 heterocycles. The van der Waals surface area contributed by atoms with E-state index in [1.165, 1.54) is 31.3 Å². The minimum absolute atomic E-state index is 0.195. The molecule has 0 amide bonds. The third-order valence-electron chi connectivity index (χ3n) is 3.12. The number of allylic oxidation sites excluding steroid dienone is 1. The van der Waals surface area contributed by atoms with Gasteiger partial charge in [0.05, 0.1) is 6.10 Å². The summed E-state index contributed by atoms with van der Waals surface area (Å²) in [4.78, 5) is 0. The van der Waals surface area contributed by atoms with E-state index < -0.39 is 0 Å². The largest absolute Gasteiger partial charge is 0.388 e. The highest BCUT2D eigenvalue weighted by Crippen LogP contribution is 2.22. The molecular weight excluding hydrogens is 174 g/mol. The first kappa shape index (κ1) is 11.7. The maximum Gasteiger partial charge on any atom is 0.0787 e. The standard InChI is InChI=1S/C12H23NO/c1-10(9-13)12(14)11-7-5-3-2-4-6-8-11/h7,10,12,14H,2-6,8-9,13H2,1H3/b11-7+. The fraction of sp³-hybridized carbons (Fsp3) is 0.833. The zero-order valence-corrected chi connectivity index (χ0v) is 9.21. The second kappa shape index (κ2) is 6.20. The van der Waals surface area contributed by atoms with Crippen LogP contribution in [0.15, 0.2) is 11.6 Å². The molecule has 1 rings (SSSR count). The predicted molar refractivity (Wildman–Crippen MR) is 60.0 cm³/mol. The van der Waals surface area contributed by atoms with Crippen LogP contribution in [0.5, 0.6) is 0 Å². The van der Waals surface area contributed by atoms with Crippen LogP contribution in [0.4, 0.5) is 0 Å². The van der Waals surface area contributed by atoms with Crippen LogP contribution >= 0.6 is 0 Å². The Bertz CT molecular complexity index is 189. The van der Waals surface area contributed by atoms with Crippen molar-refractivity contribution in [3.8, 4) is 0 Å². The van der Waals surface area contributed by atoms with Gasteiger partial charge in [0.1, 0.15) is 0 Å². The zero-order chi connectivity index (χ0) is 10.4. The first-order valence-corrected chi connectivity index (χ1v) is 5.82. The molecule has 82 valence electrons. The van der Waals surface area contributed by atoms with Crippen molar-refractivity contribution in [1.29, 1.82) is 0 Å². The maximum absolute atomic E-state index is 10.0. The minimum Gasteiger partial charge on any atom is -0.388 e. The van der Waals surface area contributed by atoms with Gasteiger partial charge < -0.3 is 10.8 Å². The summed E-state index contributed by atoms with van der Waals surface area (Å²) in [6.45, 7) is 2.59. The first-order chi connectivity index (χ1) is 6.75. The average Bonchev–Trinajstić information content (AvgIpc) is 2.15. The van der Waals surface area contributed by atoms with Crippen LogP contribution in [-0.4, -0.2) is 17.8 Å². The summed E-state index contributed by atoms with van der Waals surface area (Å²) >= 11 is 0. The molecule has 0 fully saturated rings. The van der Waals surface area contributed by atoms with Crippen LogP contribution in [0.25, 0.3) is 0 Å². The number of hydrogen-bond acceptors (Lipinski definition) is 2. The first-order valence-electron chi connectivity index (χ1n) is 5.82. The van der Waals surface area contributed by atoms with E-state index in [1.54, 1.807) is 0 Å². The molecule has 0 aromatic heterocycles. The second-order valence-corrected chi connectivity index (χ2v) is 4.39. The highest BCUT2D eigenvalue weighted by atomic mass is 16.3. The number of rotatable bonds is 3. The normalized spacial score (nSPS) is 26.9. The van der Waals surface area contributed by atoms with Gasteiger partial charge in [-0.25, -0.2) is 0 Å². The quantitative estimate of drug-likeness (QED) is 0.681. The molecule has 0 spiro atoms. The van der Waals surface area contributed by atoms with Gasteiger partial charge in [0, 0.05) is 0 Å². The van der Waals surface area contributed by atoms with E-state index in [0.717, 1.165) is 12.8 Å². The van der Waals surface area contributed by atoms with Gasteiger partial charge in [0.2, 0.25) is 0 Å². The van der Waals surface area contributed by atoms with Crippen molar-refractivity contribution >= 4 is 0 Å². The molecule has 1 aliphatic carbocycles. The topological polar surface area (TPSA) is 46.2 Å². The Kier molecular flexibility index (Phi) is 5.20. The van der Waals surface area contributed by atoms with Gasteiger partial charge in [-0.15, -0.1) is 0 Å². The average molecular weight is 197 g/mol. The second-order valence-electron chi connectivity index (χ2n) is 4.39. The monoisotopic (exact) mass is 197 g/mol. The van der Waals surface area contributed by atoms with Crippen LogP contribution in [0.2, 0.25) is 0 Å². The Morgan fingerprint density at radius 1 is 1.36 bits per heavy atom. The van der Waals surface area contributed by atoms with Gasteiger partial charge >= 0.3 is 0 Å². The Morgan fingerprint density at radius 3 is 2.79 bits per heavy atom. The highest BCUT2D eigenvalue weighted by Gasteiger charge is 2.17. The van der Waals surface area contributed by atoms with Crippen molar-refractivity contribution in [2.75, 3.05) is 6.54 Å². The van der Waals surface area contributed by atoms with Gasteiger partial charge in [0.25, 0.3) is 0 Å². The lowest BCUT2D eigenvalue weighted by Crippen LogP contribution is -2.27. The fourth-order valence-corrected chi connectivity index (χ4v) is 1.98. The molecule has 2 heteroatoms.